The van der Waals surface area contributed by atoms with Gasteiger partial charge in [0.05, 0.1) is 43.9 Å². The van der Waals surface area contributed by atoms with E-state index in [-0.39, 0.29) is 32.3 Å². The van der Waals surface area contributed by atoms with Crippen LogP contribution in [0.25, 0.3) is 0 Å². The van der Waals surface area contributed by atoms with Crippen molar-refractivity contribution in [1.82, 2.24) is 9.97 Å². The third kappa shape index (κ3) is 19.9. The monoisotopic (exact) mass is 762 g/mol. The Labute approximate surface area is 297 Å². The van der Waals surface area contributed by atoms with Gasteiger partial charge in [0.15, 0.2) is 0 Å². The summed E-state index contributed by atoms with van der Waals surface area (Å²) < 4.78 is 69.3. The van der Waals surface area contributed by atoms with E-state index in [0.29, 0.717) is 37.6 Å². The number of aromatic nitrogens is 2. The molecule has 0 saturated heterocycles. The molecule has 4 rings (SSSR count). The standard InChI is InChI=1S/C12H10N2O6S2.2C7H11N3.C4H10O.Fe.H2O/c15-21(16,17)11-5-1-9(2-6-11)13-14-10-3-7-12(8-4-10)22(18,19)20;2*8-4-6-2-1-3-7(5-9)10-6;1-3-5-4-2;;/h1-8H,(H,15,16,17)(H,18,19,20);2*1-3H,4-5,8-9H2;3-4H2,1-2H3;;1H2/q;;;;+6;/p-2. The molecule has 0 fully saturated rings. The summed E-state index contributed by atoms with van der Waals surface area (Å²) in [6, 6.07) is 21.0. The van der Waals surface area contributed by atoms with E-state index >= 15 is 0 Å². The first-order valence-corrected chi connectivity index (χ1v) is 16.9. The summed E-state index contributed by atoms with van der Waals surface area (Å²) >= 11 is 0. The van der Waals surface area contributed by atoms with Crippen LogP contribution >= 0.6 is 0 Å². The van der Waals surface area contributed by atoms with E-state index in [0.717, 1.165) is 60.3 Å². The molecule has 0 radical (unpaired) electrons. The minimum atomic E-state index is -4.51. The number of ether oxygens (including phenoxy) is 1. The molecule has 10 N–H and O–H groups in total. The predicted molar refractivity (Wildman–Crippen MR) is 179 cm³/mol. The molecule has 0 aliphatic heterocycles. The van der Waals surface area contributed by atoms with E-state index in [1.54, 1.807) is 0 Å². The van der Waals surface area contributed by atoms with E-state index < -0.39 is 20.2 Å². The first kappa shape index (κ1) is 47.6. The minimum absolute atomic E-state index is 0. The van der Waals surface area contributed by atoms with Crippen LogP contribution in [0, 0.1) is 0 Å². The van der Waals surface area contributed by atoms with Gasteiger partial charge in [0.1, 0.15) is 20.2 Å². The molecule has 0 aliphatic rings. The Morgan fingerprint density at radius 1 is 0.571 bits per heavy atom. The Kier molecular flexibility index (Phi) is 24.7. The maximum atomic E-state index is 10.8. The first-order valence-electron chi connectivity index (χ1n) is 14.1. The van der Waals surface area contributed by atoms with Gasteiger partial charge in [-0.05, 0) is 86.6 Å². The number of hydrogen-bond donors (Lipinski definition) is 4. The molecular weight excluding hydrogens is 720 g/mol. The zero-order valence-corrected chi connectivity index (χ0v) is 29.7. The predicted octanol–water partition coefficient (Wildman–Crippen LogP) is 2.12. The molecule has 16 nitrogen and oxygen atoms in total. The summed E-state index contributed by atoms with van der Waals surface area (Å²) in [5, 5.41) is 7.58. The summed E-state index contributed by atoms with van der Waals surface area (Å²) in [7, 11) is -9.03. The number of benzene rings is 2. The van der Waals surface area contributed by atoms with Gasteiger partial charge in [-0.3, -0.25) is 9.97 Å². The van der Waals surface area contributed by atoms with Crippen LogP contribution in [0.4, 0.5) is 11.4 Å². The molecule has 0 bridgehead atoms. The van der Waals surface area contributed by atoms with Gasteiger partial charge in [0.2, 0.25) is 0 Å². The van der Waals surface area contributed by atoms with E-state index in [4.69, 9.17) is 27.7 Å². The number of nitrogens with zero attached hydrogens (tertiary/aromatic N) is 4. The largest absolute Gasteiger partial charge is 6.00 e. The van der Waals surface area contributed by atoms with Crippen molar-refractivity contribution < 1.29 is 53.2 Å². The van der Waals surface area contributed by atoms with Crippen LogP contribution in [0.1, 0.15) is 36.6 Å². The van der Waals surface area contributed by atoms with Crippen molar-refractivity contribution in [2.45, 2.75) is 49.8 Å². The summed E-state index contributed by atoms with van der Waals surface area (Å²) in [6.45, 7) is 7.59. The molecule has 19 heteroatoms. The van der Waals surface area contributed by atoms with Crippen LogP contribution < -0.4 is 22.9 Å². The molecular formula is C30H42FeN8O8S2+4. The Bertz CT molecular complexity index is 1570. The second-order valence-corrected chi connectivity index (χ2v) is 11.7. The van der Waals surface area contributed by atoms with Crippen molar-refractivity contribution in [2.24, 2.45) is 33.2 Å². The molecule has 49 heavy (non-hydrogen) atoms. The van der Waals surface area contributed by atoms with Crippen molar-refractivity contribution in [3.8, 4) is 0 Å². The fourth-order valence-corrected chi connectivity index (χ4v) is 4.13. The zero-order chi connectivity index (χ0) is 35.3. The molecule has 0 unspecified atom stereocenters. The topological polar surface area (TPSA) is 310 Å². The Hall–Kier alpha value is -3.56. The fraction of sp³-hybridized carbons (Fsp3) is 0.267. The van der Waals surface area contributed by atoms with Crippen LogP contribution in [0.2, 0.25) is 0 Å². The van der Waals surface area contributed by atoms with Crippen molar-refractivity contribution in [3.63, 3.8) is 0 Å². The number of hydrogen-bond acceptors (Lipinski definition) is 15. The molecule has 266 valence electrons. The van der Waals surface area contributed by atoms with Crippen molar-refractivity contribution >= 4 is 31.6 Å². The Morgan fingerprint density at radius 2 is 0.837 bits per heavy atom. The van der Waals surface area contributed by atoms with E-state index in [1.807, 2.05) is 50.2 Å². The second kappa shape index (κ2) is 25.4. The molecule has 0 spiro atoms. The van der Waals surface area contributed by atoms with Crippen molar-refractivity contribution in [1.29, 1.82) is 0 Å². The quantitative estimate of drug-likeness (QED) is 0.102. The summed E-state index contributed by atoms with van der Waals surface area (Å²) in [6.07, 6.45) is 0. The van der Waals surface area contributed by atoms with Gasteiger partial charge >= 0.3 is 17.1 Å². The third-order valence-electron chi connectivity index (χ3n) is 5.51. The van der Waals surface area contributed by atoms with Crippen LogP contribution in [0.5, 0.6) is 0 Å². The number of azo groups is 1. The molecule has 4 aromatic rings. The van der Waals surface area contributed by atoms with Gasteiger partial charge in [0, 0.05) is 39.4 Å². The Balaban J connectivity index is 0. The number of pyridine rings is 2. The molecule has 2 aromatic carbocycles. The van der Waals surface area contributed by atoms with Crippen LogP contribution in [0.3, 0.4) is 0 Å². The molecule has 0 aliphatic carbocycles. The van der Waals surface area contributed by atoms with E-state index in [1.165, 1.54) is 24.3 Å². The zero-order valence-electron chi connectivity index (χ0n) is 27.0. The van der Waals surface area contributed by atoms with Gasteiger partial charge < -0.3 is 42.3 Å². The van der Waals surface area contributed by atoms with Crippen LogP contribution in [0.15, 0.2) is 105 Å². The summed E-state index contributed by atoms with van der Waals surface area (Å²) in [4.78, 5) is 7.56. The van der Waals surface area contributed by atoms with Gasteiger partial charge in [-0.2, -0.15) is 10.2 Å². The van der Waals surface area contributed by atoms with E-state index in [9.17, 15) is 25.9 Å². The Morgan fingerprint density at radius 3 is 1.02 bits per heavy atom. The second-order valence-electron chi connectivity index (χ2n) is 8.93. The maximum absolute atomic E-state index is 10.8. The van der Waals surface area contributed by atoms with Gasteiger partial charge in [-0.15, -0.1) is 0 Å². The van der Waals surface area contributed by atoms with Crippen molar-refractivity contribution in [2.75, 3.05) is 13.2 Å². The van der Waals surface area contributed by atoms with Crippen molar-refractivity contribution in [3.05, 3.63) is 108 Å². The number of nitrogens with two attached hydrogens (primary N) is 4. The van der Waals surface area contributed by atoms with E-state index in [2.05, 4.69) is 20.2 Å². The first-order chi connectivity index (χ1) is 22.3. The molecule has 0 atom stereocenters. The summed E-state index contributed by atoms with van der Waals surface area (Å²) in [5.74, 6) is 0. The number of rotatable bonds is 10. The van der Waals surface area contributed by atoms with Crippen LogP contribution in [-0.4, -0.2) is 54.6 Å². The SMILES string of the molecule is CCOCC.NCc1cccc(CN)n1.NCc1cccc(CN)n1.O.O=S(=O)([O-])c1ccc(N=Nc2ccc(S(=O)(=O)[O-])cc2)cc1.[Fe+6]. The van der Waals surface area contributed by atoms with Gasteiger partial charge in [-0.1, -0.05) is 12.1 Å². The minimum Gasteiger partial charge on any atom is -0.744 e. The van der Waals surface area contributed by atoms with Gasteiger partial charge in [-0.25, -0.2) is 16.8 Å². The third-order valence-corrected chi connectivity index (χ3v) is 7.20. The fourth-order valence-electron chi connectivity index (χ4n) is 3.19. The normalized spacial score (nSPS) is 10.5. The smallest absolute Gasteiger partial charge is 0.744 e. The average molecular weight is 763 g/mol. The average Bonchev–Trinajstić information content (AvgIpc) is 3.08. The molecule has 0 amide bonds. The van der Waals surface area contributed by atoms with Gasteiger partial charge in [0.25, 0.3) is 0 Å². The molecule has 0 saturated carbocycles. The maximum Gasteiger partial charge on any atom is 6.00 e. The molecule has 2 aromatic heterocycles. The summed E-state index contributed by atoms with van der Waals surface area (Å²) in [5.41, 5.74) is 25.6. The molecule has 2 heterocycles. The van der Waals surface area contributed by atoms with Crippen LogP contribution in [-0.2, 0) is 68.2 Å².